The van der Waals surface area contributed by atoms with Gasteiger partial charge in [-0.3, -0.25) is 14.6 Å². The van der Waals surface area contributed by atoms with E-state index >= 15 is 0 Å². The molecule has 1 saturated heterocycles. The summed E-state index contributed by atoms with van der Waals surface area (Å²) in [4.78, 5) is 21.6. The third kappa shape index (κ3) is 5.02. The maximum Gasteiger partial charge on any atom is 0.417 e. The van der Waals surface area contributed by atoms with Gasteiger partial charge in [0.25, 0.3) is 0 Å². The summed E-state index contributed by atoms with van der Waals surface area (Å²) in [5, 5.41) is 5.16. The van der Waals surface area contributed by atoms with E-state index < -0.39 is 11.7 Å². The van der Waals surface area contributed by atoms with Crippen LogP contribution in [0.1, 0.15) is 25.3 Å². The number of rotatable bonds is 5. The molecule has 0 atom stereocenters. The average molecular weight is 493 g/mol. The number of halogens is 4. The lowest BCUT2D eigenvalue weighted by Gasteiger charge is -2.35. The van der Waals surface area contributed by atoms with Crippen LogP contribution in [0, 0.1) is 3.95 Å². The molecule has 31 heavy (non-hydrogen) atoms. The number of pyridine rings is 1. The van der Waals surface area contributed by atoms with Gasteiger partial charge in [0.05, 0.1) is 17.3 Å². The van der Waals surface area contributed by atoms with Crippen molar-refractivity contribution < 1.29 is 18.0 Å². The van der Waals surface area contributed by atoms with Gasteiger partial charge in [-0.1, -0.05) is 22.9 Å². The number of nitrogens with zero attached hydrogens (tertiary/aromatic N) is 6. The minimum absolute atomic E-state index is 0.0148. The Morgan fingerprint density at radius 1 is 1.32 bits per heavy atom. The fourth-order valence-electron chi connectivity index (χ4n) is 3.47. The van der Waals surface area contributed by atoms with Crippen LogP contribution in [-0.4, -0.2) is 57.8 Å². The molecular formula is C18H20ClF3N6OS2. The predicted molar refractivity (Wildman–Crippen MR) is 115 cm³/mol. The maximum atomic E-state index is 12.8. The lowest BCUT2D eigenvalue weighted by atomic mass is 10.2. The number of hydrogen-bond donors (Lipinski definition) is 0. The SMILES string of the molecule is CC(=O)N(c1nn(CN2CCN(c3ncc(C(F)(F)F)cc3Cl)CC2)c(=S)s1)C1CC1. The number of amides is 1. The number of anilines is 2. The molecule has 168 valence electrons. The molecule has 2 aromatic rings. The fraction of sp³-hybridized carbons (Fsp3) is 0.556. The van der Waals surface area contributed by atoms with Crippen LogP contribution in [0.15, 0.2) is 12.3 Å². The molecule has 0 unspecified atom stereocenters. The van der Waals surface area contributed by atoms with Crippen molar-refractivity contribution in [3.05, 3.63) is 26.8 Å². The number of aromatic nitrogens is 3. The van der Waals surface area contributed by atoms with Gasteiger partial charge in [0.2, 0.25) is 11.0 Å². The predicted octanol–water partition coefficient (Wildman–Crippen LogP) is 4.04. The van der Waals surface area contributed by atoms with E-state index in [4.69, 9.17) is 23.8 Å². The van der Waals surface area contributed by atoms with Crippen LogP contribution in [0.2, 0.25) is 5.02 Å². The Balaban J connectivity index is 1.39. The number of alkyl halides is 3. The lowest BCUT2D eigenvalue weighted by molar-refractivity contribution is -0.137. The minimum Gasteiger partial charge on any atom is -0.353 e. The molecule has 0 radical (unpaired) electrons. The molecule has 4 rings (SSSR count). The van der Waals surface area contributed by atoms with Gasteiger partial charge in [-0.2, -0.15) is 13.2 Å². The molecule has 0 N–H and O–H groups in total. The van der Waals surface area contributed by atoms with E-state index in [1.165, 1.54) is 18.3 Å². The van der Waals surface area contributed by atoms with Crippen molar-refractivity contribution in [1.82, 2.24) is 19.7 Å². The van der Waals surface area contributed by atoms with Gasteiger partial charge in [-0.15, -0.1) is 5.10 Å². The molecule has 1 amide bonds. The first-order valence-corrected chi connectivity index (χ1v) is 11.3. The Morgan fingerprint density at radius 2 is 2.00 bits per heavy atom. The van der Waals surface area contributed by atoms with E-state index in [-0.39, 0.29) is 17.0 Å². The largest absolute Gasteiger partial charge is 0.417 e. The quantitative estimate of drug-likeness (QED) is 0.587. The highest BCUT2D eigenvalue weighted by atomic mass is 35.5. The van der Waals surface area contributed by atoms with E-state index in [2.05, 4.69) is 15.0 Å². The molecule has 3 heterocycles. The Morgan fingerprint density at radius 3 is 2.55 bits per heavy atom. The second-order valence-electron chi connectivity index (χ2n) is 7.54. The Kier molecular flexibility index (Phi) is 6.25. The van der Waals surface area contributed by atoms with Crippen molar-refractivity contribution >= 4 is 52.0 Å². The Hall–Kier alpha value is -1.76. The number of carbonyl (C=O) groups is 1. The Labute approximate surface area is 191 Å². The first-order valence-electron chi connectivity index (χ1n) is 9.71. The van der Waals surface area contributed by atoms with Gasteiger partial charge < -0.3 is 4.90 Å². The average Bonchev–Trinajstić information content (AvgIpc) is 3.45. The van der Waals surface area contributed by atoms with Gasteiger partial charge in [-0.25, -0.2) is 9.67 Å². The van der Waals surface area contributed by atoms with Crippen molar-refractivity contribution in [1.29, 1.82) is 0 Å². The first-order chi connectivity index (χ1) is 14.6. The lowest BCUT2D eigenvalue weighted by Crippen LogP contribution is -2.47. The molecule has 2 aliphatic rings. The molecule has 1 aliphatic heterocycles. The van der Waals surface area contributed by atoms with Crippen molar-refractivity contribution in [3.8, 4) is 0 Å². The molecular weight excluding hydrogens is 473 g/mol. The monoisotopic (exact) mass is 492 g/mol. The molecule has 2 fully saturated rings. The molecule has 1 saturated carbocycles. The highest BCUT2D eigenvalue weighted by molar-refractivity contribution is 7.73. The smallest absolute Gasteiger partial charge is 0.353 e. The summed E-state index contributed by atoms with van der Waals surface area (Å²) in [5.41, 5.74) is -0.862. The zero-order chi connectivity index (χ0) is 22.3. The second-order valence-corrected chi connectivity index (χ2v) is 9.55. The zero-order valence-corrected chi connectivity index (χ0v) is 19.0. The van der Waals surface area contributed by atoms with Gasteiger partial charge in [0.15, 0.2) is 3.95 Å². The summed E-state index contributed by atoms with van der Waals surface area (Å²) in [6, 6.07) is 1.13. The molecule has 1 aliphatic carbocycles. The van der Waals surface area contributed by atoms with Gasteiger partial charge in [0, 0.05) is 45.3 Å². The fourth-order valence-corrected chi connectivity index (χ4v) is 4.96. The third-order valence-electron chi connectivity index (χ3n) is 5.21. The summed E-state index contributed by atoms with van der Waals surface area (Å²) in [6.45, 7) is 4.42. The van der Waals surface area contributed by atoms with E-state index in [1.807, 2.05) is 4.90 Å². The molecule has 13 heteroatoms. The van der Waals surface area contributed by atoms with Crippen LogP contribution in [0.5, 0.6) is 0 Å². The molecule has 0 bridgehead atoms. The zero-order valence-electron chi connectivity index (χ0n) is 16.6. The highest BCUT2D eigenvalue weighted by Gasteiger charge is 2.34. The van der Waals surface area contributed by atoms with Crippen LogP contribution >= 0.6 is 35.2 Å². The van der Waals surface area contributed by atoms with Crippen molar-refractivity contribution in [3.63, 3.8) is 0 Å². The maximum absolute atomic E-state index is 12.8. The summed E-state index contributed by atoms with van der Waals surface area (Å²) >= 11 is 12.8. The normalized spacial score (nSPS) is 17.8. The number of hydrogen-bond acceptors (Lipinski definition) is 7. The molecule has 2 aromatic heterocycles. The summed E-state index contributed by atoms with van der Waals surface area (Å²) in [6.07, 6.45) is -1.70. The summed E-state index contributed by atoms with van der Waals surface area (Å²) in [5.74, 6) is 0.316. The topological polar surface area (TPSA) is 57.5 Å². The van der Waals surface area contributed by atoms with E-state index in [0.717, 1.165) is 25.1 Å². The first kappa shape index (κ1) is 22.4. The molecule has 7 nitrogen and oxygen atoms in total. The van der Waals surface area contributed by atoms with Gasteiger partial charge in [0.1, 0.15) is 5.82 Å². The summed E-state index contributed by atoms with van der Waals surface area (Å²) in [7, 11) is 0. The third-order valence-corrected chi connectivity index (χ3v) is 6.79. The second kappa shape index (κ2) is 8.64. The number of piperazine rings is 1. The van der Waals surface area contributed by atoms with Crippen molar-refractivity contribution in [2.75, 3.05) is 36.0 Å². The van der Waals surface area contributed by atoms with Gasteiger partial charge in [-0.05, 0) is 31.1 Å². The Bertz CT molecular complexity index is 1030. The molecule has 0 spiro atoms. The highest BCUT2D eigenvalue weighted by Crippen LogP contribution is 2.35. The number of carbonyl (C=O) groups excluding carboxylic acids is 1. The minimum atomic E-state index is -4.48. The van der Waals surface area contributed by atoms with Crippen LogP contribution in [-0.2, 0) is 17.6 Å². The van der Waals surface area contributed by atoms with Crippen LogP contribution in [0.25, 0.3) is 0 Å². The standard InChI is InChI=1S/C18H20ClF3N6OS2/c1-11(29)28(13-2-3-13)16-24-27(17(30)31-16)10-25-4-6-26(7-5-25)15-14(19)8-12(9-23-15)18(20,21)22/h8-9,13H,2-7,10H2,1H3. The van der Waals surface area contributed by atoms with Crippen LogP contribution in [0.4, 0.5) is 24.1 Å². The van der Waals surface area contributed by atoms with Crippen molar-refractivity contribution in [2.24, 2.45) is 0 Å². The van der Waals surface area contributed by atoms with Crippen LogP contribution < -0.4 is 9.80 Å². The van der Waals surface area contributed by atoms with Crippen LogP contribution in [0.3, 0.4) is 0 Å². The van der Waals surface area contributed by atoms with E-state index in [9.17, 15) is 18.0 Å². The summed E-state index contributed by atoms with van der Waals surface area (Å²) < 4.78 is 40.8. The van der Waals surface area contributed by atoms with E-state index in [1.54, 1.807) is 9.58 Å². The van der Waals surface area contributed by atoms with Crippen molar-refractivity contribution in [2.45, 2.75) is 38.7 Å². The molecule has 0 aromatic carbocycles. The van der Waals surface area contributed by atoms with E-state index in [0.29, 0.717) is 47.8 Å². The van der Waals surface area contributed by atoms with Gasteiger partial charge >= 0.3 is 6.18 Å².